The van der Waals surface area contributed by atoms with Gasteiger partial charge < -0.3 is 4.74 Å². The number of hydrogen-bond donors (Lipinski definition) is 0. The van der Waals surface area contributed by atoms with Crippen LogP contribution in [-0.4, -0.2) is 11.6 Å². The minimum atomic E-state index is -0.639. The minimum absolute atomic E-state index is 0.256. The molecule has 90 valence electrons. The summed E-state index contributed by atoms with van der Waals surface area (Å²) in [6.07, 6.45) is 10.9. The quantitative estimate of drug-likeness (QED) is 0.541. The second-order valence-corrected chi connectivity index (χ2v) is 4.87. The molecular weight excluding hydrogens is 200 g/mol. The maximum absolute atomic E-state index is 11.2. The Morgan fingerprint density at radius 2 is 2.31 bits per heavy atom. The van der Waals surface area contributed by atoms with Gasteiger partial charge in [0.15, 0.2) is 5.60 Å². The molecule has 0 aromatic rings. The van der Waals surface area contributed by atoms with Crippen molar-refractivity contribution in [1.82, 2.24) is 0 Å². The van der Waals surface area contributed by atoms with Gasteiger partial charge in [-0.2, -0.15) is 0 Å². The van der Waals surface area contributed by atoms with E-state index in [-0.39, 0.29) is 5.97 Å². The number of ether oxygens (including phenoxy) is 1. The van der Waals surface area contributed by atoms with E-state index in [2.05, 4.69) is 19.8 Å². The van der Waals surface area contributed by atoms with E-state index >= 15 is 0 Å². The van der Waals surface area contributed by atoms with E-state index in [1.165, 1.54) is 13.3 Å². The smallest absolute Gasteiger partial charge is 0.304 e. The average Bonchev–Trinajstić information content (AvgIpc) is 2.27. The lowest BCUT2D eigenvalue weighted by Crippen LogP contribution is -2.46. The highest BCUT2D eigenvalue weighted by Crippen LogP contribution is 2.41. The predicted octanol–water partition coefficient (Wildman–Crippen LogP) is 3.16. The lowest BCUT2D eigenvalue weighted by Gasteiger charge is -2.42. The standard InChI is InChI=1S/C14H22O2/c1-5-11(3)13-9-7-8-10-14(13,6-2)16-12(4)15/h2,11,13H,5,7-10H2,1,3-4H3. The van der Waals surface area contributed by atoms with Crippen LogP contribution in [0.4, 0.5) is 0 Å². The fraction of sp³-hybridized carbons (Fsp3) is 0.786. The first kappa shape index (κ1) is 13.1. The van der Waals surface area contributed by atoms with Crippen LogP contribution in [0.1, 0.15) is 52.9 Å². The zero-order valence-corrected chi connectivity index (χ0v) is 10.6. The third-order valence-corrected chi connectivity index (χ3v) is 3.81. The second-order valence-electron chi connectivity index (χ2n) is 4.87. The van der Waals surface area contributed by atoms with Gasteiger partial charge in [-0.25, -0.2) is 0 Å². The molecule has 0 spiro atoms. The van der Waals surface area contributed by atoms with Crippen molar-refractivity contribution in [1.29, 1.82) is 0 Å². The molecule has 1 aliphatic carbocycles. The molecule has 0 aliphatic heterocycles. The molecule has 3 unspecified atom stereocenters. The second kappa shape index (κ2) is 5.39. The van der Waals surface area contributed by atoms with Gasteiger partial charge in [0.25, 0.3) is 0 Å². The number of rotatable bonds is 3. The molecule has 0 bridgehead atoms. The van der Waals surface area contributed by atoms with Crippen molar-refractivity contribution in [2.45, 2.75) is 58.5 Å². The molecule has 3 atom stereocenters. The molecule has 0 heterocycles. The van der Waals surface area contributed by atoms with Crippen LogP contribution in [0.3, 0.4) is 0 Å². The van der Waals surface area contributed by atoms with Crippen LogP contribution >= 0.6 is 0 Å². The number of esters is 1. The van der Waals surface area contributed by atoms with E-state index in [0.29, 0.717) is 11.8 Å². The van der Waals surface area contributed by atoms with Gasteiger partial charge in [0.05, 0.1) is 0 Å². The molecule has 0 N–H and O–H groups in total. The summed E-state index contributed by atoms with van der Waals surface area (Å²) in [5.74, 6) is 3.34. The molecule has 0 amide bonds. The number of carbonyl (C=O) groups is 1. The van der Waals surface area contributed by atoms with E-state index < -0.39 is 5.60 Å². The van der Waals surface area contributed by atoms with Gasteiger partial charge in [0.2, 0.25) is 0 Å². The Morgan fingerprint density at radius 1 is 1.62 bits per heavy atom. The van der Waals surface area contributed by atoms with Gasteiger partial charge in [0, 0.05) is 12.8 Å². The summed E-state index contributed by atoms with van der Waals surface area (Å²) < 4.78 is 5.49. The highest BCUT2D eigenvalue weighted by Gasteiger charge is 2.44. The topological polar surface area (TPSA) is 26.3 Å². The Labute approximate surface area is 98.8 Å². The number of hydrogen-bond acceptors (Lipinski definition) is 2. The first-order chi connectivity index (χ1) is 7.55. The van der Waals surface area contributed by atoms with E-state index in [9.17, 15) is 4.79 Å². The zero-order chi connectivity index (χ0) is 12.2. The van der Waals surface area contributed by atoms with Crippen molar-refractivity contribution in [2.24, 2.45) is 11.8 Å². The number of terminal acetylenes is 1. The van der Waals surface area contributed by atoms with Gasteiger partial charge >= 0.3 is 5.97 Å². The van der Waals surface area contributed by atoms with Crippen molar-refractivity contribution in [3.8, 4) is 12.3 Å². The summed E-state index contributed by atoms with van der Waals surface area (Å²) in [5, 5.41) is 0. The Morgan fingerprint density at radius 3 is 2.81 bits per heavy atom. The van der Waals surface area contributed by atoms with Crippen LogP contribution in [0, 0.1) is 24.2 Å². The first-order valence-electron chi connectivity index (χ1n) is 6.23. The van der Waals surface area contributed by atoms with Gasteiger partial charge in [0.1, 0.15) is 0 Å². The van der Waals surface area contributed by atoms with Crippen molar-refractivity contribution >= 4 is 5.97 Å². The molecule has 0 aromatic heterocycles. The number of carbonyl (C=O) groups excluding carboxylic acids is 1. The summed E-state index contributed by atoms with van der Waals surface area (Å²) in [7, 11) is 0. The molecule has 1 fully saturated rings. The van der Waals surface area contributed by atoms with Crippen LogP contribution in [0.2, 0.25) is 0 Å². The van der Waals surface area contributed by atoms with Crippen LogP contribution < -0.4 is 0 Å². The summed E-state index contributed by atoms with van der Waals surface area (Å²) in [5.41, 5.74) is -0.639. The van der Waals surface area contributed by atoms with Crippen molar-refractivity contribution in [3.63, 3.8) is 0 Å². The van der Waals surface area contributed by atoms with E-state index in [1.54, 1.807) is 0 Å². The summed E-state index contributed by atoms with van der Waals surface area (Å²) in [6.45, 7) is 5.81. The summed E-state index contributed by atoms with van der Waals surface area (Å²) in [6, 6.07) is 0. The van der Waals surface area contributed by atoms with E-state index in [1.807, 2.05) is 0 Å². The summed E-state index contributed by atoms with van der Waals surface area (Å²) in [4.78, 5) is 11.2. The maximum Gasteiger partial charge on any atom is 0.304 e. The maximum atomic E-state index is 11.2. The molecule has 0 saturated heterocycles. The van der Waals surface area contributed by atoms with E-state index in [4.69, 9.17) is 11.2 Å². The molecule has 0 aromatic carbocycles. The average molecular weight is 222 g/mol. The lowest BCUT2D eigenvalue weighted by atomic mass is 9.69. The van der Waals surface area contributed by atoms with Crippen molar-refractivity contribution in [2.75, 3.05) is 0 Å². The molecule has 0 radical (unpaired) electrons. The molecule has 2 heteroatoms. The third kappa shape index (κ3) is 2.58. The predicted molar refractivity (Wildman–Crippen MR) is 64.7 cm³/mol. The van der Waals surface area contributed by atoms with Gasteiger partial charge in [-0.05, 0) is 25.2 Å². The normalized spacial score (nSPS) is 31.5. The fourth-order valence-electron chi connectivity index (χ4n) is 2.79. The monoisotopic (exact) mass is 222 g/mol. The van der Waals surface area contributed by atoms with Crippen molar-refractivity contribution in [3.05, 3.63) is 0 Å². The molecule has 1 aliphatic rings. The van der Waals surface area contributed by atoms with Crippen LogP contribution in [0.15, 0.2) is 0 Å². The Balaban J connectivity index is 2.92. The molecule has 16 heavy (non-hydrogen) atoms. The van der Waals surface area contributed by atoms with Crippen LogP contribution in [-0.2, 0) is 9.53 Å². The fourth-order valence-corrected chi connectivity index (χ4v) is 2.79. The lowest BCUT2D eigenvalue weighted by molar-refractivity contribution is -0.161. The van der Waals surface area contributed by atoms with Crippen LogP contribution in [0.5, 0.6) is 0 Å². The molecule has 2 nitrogen and oxygen atoms in total. The molecular formula is C14H22O2. The summed E-state index contributed by atoms with van der Waals surface area (Å²) >= 11 is 0. The Hall–Kier alpha value is -0.970. The zero-order valence-electron chi connectivity index (χ0n) is 10.6. The highest BCUT2D eigenvalue weighted by molar-refractivity contribution is 5.67. The van der Waals surface area contributed by atoms with Gasteiger partial charge in [-0.15, -0.1) is 6.42 Å². The van der Waals surface area contributed by atoms with Crippen LogP contribution in [0.25, 0.3) is 0 Å². The Kier molecular flexibility index (Phi) is 4.41. The van der Waals surface area contributed by atoms with Gasteiger partial charge in [-0.1, -0.05) is 32.6 Å². The first-order valence-corrected chi connectivity index (χ1v) is 6.23. The highest BCUT2D eigenvalue weighted by atomic mass is 16.6. The minimum Gasteiger partial charge on any atom is -0.446 e. The SMILES string of the molecule is C#CC1(OC(C)=O)CCCCC1C(C)CC. The van der Waals surface area contributed by atoms with E-state index in [0.717, 1.165) is 25.7 Å². The Bertz CT molecular complexity index is 290. The van der Waals surface area contributed by atoms with Gasteiger partial charge in [-0.3, -0.25) is 4.79 Å². The van der Waals surface area contributed by atoms with Crippen molar-refractivity contribution < 1.29 is 9.53 Å². The molecule has 1 saturated carbocycles. The largest absolute Gasteiger partial charge is 0.446 e. The third-order valence-electron chi connectivity index (χ3n) is 3.81. The molecule has 1 rings (SSSR count).